The molecule has 0 aliphatic rings. The molecular weight excluding hydrogens is 266 g/mol. The van der Waals surface area contributed by atoms with E-state index in [4.69, 9.17) is 0 Å². The third-order valence-electron chi connectivity index (χ3n) is 3.02. The Bertz CT molecular complexity index is 704. The van der Waals surface area contributed by atoms with E-state index in [0.29, 0.717) is 5.92 Å². The van der Waals surface area contributed by atoms with Gasteiger partial charge in [-0.25, -0.2) is 0 Å². The van der Waals surface area contributed by atoms with Crippen LogP contribution in [0.1, 0.15) is 19.7 Å². The summed E-state index contributed by atoms with van der Waals surface area (Å²) in [5, 5.41) is 8.51. The molecule has 0 atom stereocenters. The van der Waals surface area contributed by atoms with Crippen molar-refractivity contribution in [3.63, 3.8) is 0 Å². The van der Waals surface area contributed by atoms with Crippen LogP contribution in [0.25, 0.3) is 5.65 Å². The van der Waals surface area contributed by atoms with Gasteiger partial charge in [-0.3, -0.25) is 4.40 Å². The molecule has 0 unspecified atom stereocenters. The molecule has 0 spiro atoms. The Morgan fingerprint density at radius 1 is 1.00 bits per heavy atom. The maximum Gasteiger partial charge on any atom is 0.160 e. The molecule has 0 N–H and O–H groups in total. The first-order valence-corrected chi connectivity index (χ1v) is 7.60. The fraction of sp³-hybridized carbons (Fsp3) is 0.250. The molecule has 0 amide bonds. The Balaban J connectivity index is 1.93. The van der Waals surface area contributed by atoms with E-state index in [1.54, 1.807) is 11.8 Å². The van der Waals surface area contributed by atoms with Crippen molar-refractivity contribution in [2.75, 3.05) is 0 Å². The summed E-state index contributed by atoms with van der Waals surface area (Å²) in [5.74, 6) is 1.61. The summed E-state index contributed by atoms with van der Waals surface area (Å²) in [4.78, 5) is 2.44. The van der Waals surface area contributed by atoms with Crippen molar-refractivity contribution in [3.05, 3.63) is 54.5 Å². The summed E-state index contributed by atoms with van der Waals surface area (Å²) >= 11 is 1.76. The van der Waals surface area contributed by atoms with Gasteiger partial charge in [-0.15, -0.1) is 10.2 Å². The topological polar surface area (TPSA) is 30.2 Å². The van der Waals surface area contributed by atoms with Gasteiger partial charge in [-0.2, -0.15) is 0 Å². The molecule has 2 aromatic heterocycles. The molecule has 20 heavy (non-hydrogen) atoms. The van der Waals surface area contributed by atoms with E-state index in [1.165, 1.54) is 9.79 Å². The lowest BCUT2D eigenvalue weighted by Gasteiger charge is -2.05. The molecule has 3 nitrogen and oxygen atoms in total. The van der Waals surface area contributed by atoms with Crippen LogP contribution >= 0.6 is 11.8 Å². The van der Waals surface area contributed by atoms with Gasteiger partial charge in [0.05, 0.1) is 0 Å². The van der Waals surface area contributed by atoms with Crippen LogP contribution in [0.4, 0.5) is 0 Å². The molecule has 1 aromatic carbocycles. The van der Waals surface area contributed by atoms with Crippen LogP contribution in [0, 0.1) is 5.92 Å². The minimum atomic E-state index is 0.577. The van der Waals surface area contributed by atoms with Gasteiger partial charge in [0, 0.05) is 22.4 Å². The third-order valence-corrected chi connectivity index (χ3v) is 4.00. The standard InChI is InChI=1S/C16H17N3S/c1-12(2)10-16-18-17-15-9-8-14(11-19(15)16)20-13-6-4-3-5-7-13/h3-9,11-12H,10H2,1-2H3. The van der Waals surface area contributed by atoms with Crippen LogP contribution in [0.15, 0.2) is 58.5 Å². The maximum absolute atomic E-state index is 4.29. The fourth-order valence-electron chi connectivity index (χ4n) is 2.11. The van der Waals surface area contributed by atoms with Crippen LogP contribution < -0.4 is 0 Å². The van der Waals surface area contributed by atoms with Crippen molar-refractivity contribution >= 4 is 17.4 Å². The van der Waals surface area contributed by atoms with Crippen LogP contribution in [-0.2, 0) is 6.42 Å². The lowest BCUT2D eigenvalue weighted by atomic mass is 10.1. The van der Waals surface area contributed by atoms with Gasteiger partial charge >= 0.3 is 0 Å². The van der Waals surface area contributed by atoms with Crippen LogP contribution in [0.3, 0.4) is 0 Å². The molecule has 0 saturated carbocycles. The Kier molecular flexibility index (Phi) is 3.74. The highest BCUT2D eigenvalue weighted by molar-refractivity contribution is 7.99. The number of fused-ring (bicyclic) bond motifs is 1. The first kappa shape index (κ1) is 13.2. The monoisotopic (exact) mass is 283 g/mol. The molecular formula is C16H17N3S. The highest BCUT2D eigenvalue weighted by atomic mass is 32.2. The predicted octanol–water partition coefficient (Wildman–Crippen LogP) is 4.08. The number of benzene rings is 1. The Hall–Kier alpha value is -1.81. The summed E-state index contributed by atoms with van der Waals surface area (Å²) in [6.45, 7) is 4.40. The van der Waals surface area contributed by atoms with Crippen molar-refractivity contribution < 1.29 is 0 Å². The van der Waals surface area contributed by atoms with Crippen molar-refractivity contribution in [3.8, 4) is 0 Å². The SMILES string of the molecule is CC(C)Cc1nnc2ccc(Sc3ccccc3)cn12. The van der Waals surface area contributed by atoms with Gasteiger partial charge in [0.15, 0.2) is 5.65 Å². The van der Waals surface area contributed by atoms with E-state index < -0.39 is 0 Å². The number of hydrogen-bond acceptors (Lipinski definition) is 3. The molecule has 3 aromatic rings. The molecule has 0 fully saturated rings. The molecule has 0 radical (unpaired) electrons. The molecule has 0 saturated heterocycles. The minimum absolute atomic E-state index is 0.577. The van der Waals surface area contributed by atoms with E-state index in [1.807, 2.05) is 12.1 Å². The van der Waals surface area contributed by atoms with Crippen molar-refractivity contribution in [2.45, 2.75) is 30.1 Å². The normalized spacial score (nSPS) is 11.3. The molecule has 0 aliphatic heterocycles. The Morgan fingerprint density at radius 3 is 2.55 bits per heavy atom. The summed E-state index contributed by atoms with van der Waals surface area (Å²) in [5.41, 5.74) is 0.915. The fourth-order valence-corrected chi connectivity index (χ4v) is 2.97. The summed E-state index contributed by atoms with van der Waals surface area (Å²) < 4.78 is 2.10. The second-order valence-corrected chi connectivity index (χ2v) is 6.37. The van der Waals surface area contributed by atoms with Crippen molar-refractivity contribution in [2.24, 2.45) is 5.92 Å². The number of hydrogen-bond donors (Lipinski definition) is 0. The third kappa shape index (κ3) is 2.85. The molecule has 3 rings (SSSR count). The average Bonchev–Trinajstić information content (AvgIpc) is 2.82. The first-order chi connectivity index (χ1) is 9.72. The van der Waals surface area contributed by atoms with E-state index in [0.717, 1.165) is 17.9 Å². The van der Waals surface area contributed by atoms with E-state index >= 15 is 0 Å². The van der Waals surface area contributed by atoms with Gasteiger partial charge in [0.2, 0.25) is 0 Å². The van der Waals surface area contributed by atoms with Gasteiger partial charge in [-0.1, -0.05) is 43.8 Å². The molecule has 0 aliphatic carbocycles. The van der Waals surface area contributed by atoms with Crippen LogP contribution in [0.2, 0.25) is 0 Å². The van der Waals surface area contributed by atoms with Gasteiger partial charge in [-0.05, 0) is 30.2 Å². The Labute approximate surface area is 123 Å². The number of pyridine rings is 1. The van der Waals surface area contributed by atoms with Gasteiger partial charge < -0.3 is 0 Å². The summed E-state index contributed by atoms with van der Waals surface area (Å²) in [6.07, 6.45) is 3.07. The quantitative estimate of drug-likeness (QED) is 0.722. The highest BCUT2D eigenvalue weighted by Gasteiger charge is 2.08. The second kappa shape index (κ2) is 5.67. The van der Waals surface area contributed by atoms with E-state index in [-0.39, 0.29) is 0 Å². The van der Waals surface area contributed by atoms with E-state index in [9.17, 15) is 0 Å². The molecule has 0 bridgehead atoms. The number of nitrogens with zero attached hydrogens (tertiary/aromatic N) is 3. The smallest absolute Gasteiger partial charge is 0.160 e. The molecule has 2 heterocycles. The minimum Gasteiger partial charge on any atom is -0.285 e. The molecule has 4 heteroatoms. The van der Waals surface area contributed by atoms with Crippen LogP contribution in [0.5, 0.6) is 0 Å². The highest BCUT2D eigenvalue weighted by Crippen LogP contribution is 2.27. The summed E-state index contributed by atoms with van der Waals surface area (Å²) in [7, 11) is 0. The number of rotatable bonds is 4. The zero-order chi connectivity index (χ0) is 13.9. The number of aromatic nitrogens is 3. The van der Waals surface area contributed by atoms with Crippen LogP contribution in [-0.4, -0.2) is 14.6 Å². The first-order valence-electron chi connectivity index (χ1n) is 6.79. The maximum atomic E-state index is 4.29. The van der Waals surface area contributed by atoms with Gasteiger partial charge in [0.25, 0.3) is 0 Å². The van der Waals surface area contributed by atoms with Crippen molar-refractivity contribution in [1.29, 1.82) is 0 Å². The Morgan fingerprint density at radius 2 is 1.80 bits per heavy atom. The second-order valence-electron chi connectivity index (χ2n) is 5.22. The zero-order valence-electron chi connectivity index (χ0n) is 11.7. The lowest BCUT2D eigenvalue weighted by molar-refractivity contribution is 0.615. The van der Waals surface area contributed by atoms with Crippen molar-refractivity contribution in [1.82, 2.24) is 14.6 Å². The predicted molar refractivity (Wildman–Crippen MR) is 82.1 cm³/mol. The molecule has 102 valence electrons. The largest absolute Gasteiger partial charge is 0.285 e. The van der Waals surface area contributed by atoms with E-state index in [2.05, 4.69) is 65.0 Å². The lowest BCUT2D eigenvalue weighted by Crippen LogP contribution is -2.00. The summed E-state index contributed by atoms with van der Waals surface area (Å²) in [6, 6.07) is 14.5. The zero-order valence-corrected chi connectivity index (χ0v) is 12.5. The van der Waals surface area contributed by atoms with Gasteiger partial charge in [0.1, 0.15) is 5.82 Å². The average molecular weight is 283 g/mol.